The summed E-state index contributed by atoms with van der Waals surface area (Å²) in [7, 11) is 0. The Hall–Kier alpha value is -2.40. The van der Waals surface area contributed by atoms with E-state index in [9.17, 15) is 9.59 Å². The average molecular weight is 340 g/mol. The van der Waals surface area contributed by atoms with Gasteiger partial charge in [0.15, 0.2) is 0 Å². The minimum Gasteiger partial charge on any atom is -0.465 e. The number of carbonyl (C=O) groups is 1. The van der Waals surface area contributed by atoms with E-state index < -0.39 is 0 Å². The molecule has 0 spiro atoms. The first-order valence-electron chi connectivity index (χ1n) is 8.72. The zero-order chi connectivity index (χ0) is 17.8. The third-order valence-electron chi connectivity index (χ3n) is 4.82. The largest absolute Gasteiger partial charge is 0.465 e. The number of aryl methyl sites for hydroxylation is 1. The van der Waals surface area contributed by atoms with Crippen molar-refractivity contribution in [1.82, 2.24) is 9.88 Å². The van der Waals surface area contributed by atoms with Crippen LogP contribution in [-0.4, -0.2) is 30.2 Å². The zero-order valence-electron chi connectivity index (χ0n) is 14.7. The molecule has 1 fully saturated rings. The van der Waals surface area contributed by atoms with E-state index in [1.807, 2.05) is 31.2 Å². The Labute approximate surface area is 147 Å². The van der Waals surface area contributed by atoms with Gasteiger partial charge in [-0.25, -0.2) is 0 Å². The van der Waals surface area contributed by atoms with Crippen molar-refractivity contribution in [1.29, 1.82) is 0 Å². The minimum absolute atomic E-state index is 0.0379. The number of hydrogen-bond acceptors (Lipinski definition) is 4. The fraction of sp³-hybridized carbons (Fsp3) is 0.400. The van der Waals surface area contributed by atoms with Crippen molar-refractivity contribution in [3.8, 4) is 0 Å². The maximum Gasteiger partial charge on any atom is 0.326 e. The van der Waals surface area contributed by atoms with Gasteiger partial charge in [-0.2, -0.15) is 0 Å². The van der Waals surface area contributed by atoms with Crippen molar-refractivity contribution < 1.29 is 9.53 Å². The number of rotatable bonds is 5. The molecule has 0 saturated carbocycles. The van der Waals surface area contributed by atoms with Gasteiger partial charge >= 0.3 is 5.97 Å². The maximum atomic E-state index is 12.5. The second kappa shape index (κ2) is 7.66. The number of pyridine rings is 1. The summed E-state index contributed by atoms with van der Waals surface area (Å²) < 4.78 is 6.43. The molecule has 3 rings (SSSR count). The highest BCUT2D eigenvalue weighted by atomic mass is 16.5. The van der Waals surface area contributed by atoms with Crippen molar-refractivity contribution in [3.05, 3.63) is 69.6 Å². The lowest BCUT2D eigenvalue weighted by molar-refractivity contribution is -0.143. The highest BCUT2D eigenvalue weighted by molar-refractivity contribution is 5.69. The van der Waals surface area contributed by atoms with Gasteiger partial charge in [0.1, 0.15) is 6.54 Å². The molecule has 2 heterocycles. The highest BCUT2D eigenvalue weighted by Crippen LogP contribution is 2.35. The van der Waals surface area contributed by atoms with Crippen LogP contribution in [0.1, 0.15) is 35.6 Å². The molecule has 2 aromatic rings. The summed E-state index contributed by atoms with van der Waals surface area (Å²) in [6.07, 6.45) is 0. The molecule has 0 radical (unpaired) electrons. The van der Waals surface area contributed by atoms with Crippen LogP contribution in [0.25, 0.3) is 0 Å². The summed E-state index contributed by atoms with van der Waals surface area (Å²) in [5.74, 6) is 0.220. The van der Waals surface area contributed by atoms with Crippen LogP contribution >= 0.6 is 0 Å². The first-order chi connectivity index (χ1) is 12.1. The van der Waals surface area contributed by atoms with E-state index in [2.05, 4.69) is 17.4 Å². The summed E-state index contributed by atoms with van der Waals surface area (Å²) in [5.41, 5.74) is 2.95. The van der Waals surface area contributed by atoms with E-state index in [0.29, 0.717) is 12.5 Å². The van der Waals surface area contributed by atoms with Crippen LogP contribution < -0.4 is 10.9 Å². The number of nitrogens with zero attached hydrogens (tertiary/aromatic N) is 1. The van der Waals surface area contributed by atoms with E-state index >= 15 is 0 Å². The first kappa shape index (κ1) is 17.4. The Balaban J connectivity index is 1.88. The molecule has 1 N–H and O–H groups in total. The number of aromatic nitrogens is 1. The summed E-state index contributed by atoms with van der Waals surface area (Å²) >= 11 is 0. The predicted molar refractivity (Wildman–Crippen MR) is 96.9 cm³/mol. The van der Waals surface area contributed by atoms with Gasteiger partial charge in [-0.05, 0) is 31.0 Å². The second-order valence-corrected chi connectivity index (χ2v) is 6.44. The SMILES string of the molecule is CCOC(=O)Cn1c(C)cc([C@@H]2CNC[C@@H]2c2ccccc2)cc1=O. The molecule has 1 aliphatic heterocycles. The summed E-state index contributed by atoms with van der Waals surface area (Å²) in [4.78, 5) is 24.2. The Kier molecular flexibility index (Phi) is 5.34. The lowest BCUT2D eigenvalue weighted by Gasteiger charge is -2.21. The van der Waals surface area contributed by atoms with Crippen LogP contribution in [0.15, 0.2) is 47.3 Å². The quantitative estimate of drug-likeness (QED) is 0.848. The van der Waals surface area contributed by atoms with Gasteiger partial charge < -0.3 is 14.6 Å². The maximum absolute atomic E-state index is 12.5. The van der Waals surface area contributed by atoms with Crippen LogP contribution in [0.2, 0.25) is 0 Å². The molecular formula is C20H24N2O3. The Morgan fingerprint density at radius 2 is 1.84 bits per heavy atom. The summed E-state index contributed by atoms with van der Waals surface area (Å²) in [5, 5.41) is 3.44. The molecule has 2 atom stereocenters. The normalized spacial score (nSPS) is 19.8. The fourth-order valence-corrected chi connectivity index (χ4v) is 3.59. The first-order valence-corrected chi connectivity index (χ1v) is 8.72. The van der Waals surface area contributed by atoms with Crippen LogP contribution in [0, 0.1) is 6.92 Å². The molecule has 1 aromatic carbocycles. The Bertz CT molecular complexity index is 798. The van der Waals surface area contributed by atoms with E-state index in [1.165, 1.54) is 10.1 Å². The molecular weight excluding hydrogens is 316 g/mol. The van der Waals surface area contributed by atoms with E-state index in [4.69, 9.17) is 4.74 Å². The third kappa shape index (κ3) is 3.82. The zero-order valence-corrected chi connectivity index (χ0v) is 14.7. The molecule has 0 unspecified atom stereocenters. The molecule has 132 valence electrons. The lowest BCUT2D eigenvalue weighted by Crippen LogP contribution is -2.28. The molecule has 1 aromatic heterocycles. The molecule has 0 amide bonds. The monoisotopic (exact) mass is 340 g/mol. The third-order valence-corrected chi connectivity index (χ3v) is 4.82. The van der Waals surface area contributed by atoms with Gasteiger partial charge in [0, 0.05) is 36.7 Å². The summed E-state index contributed by atoms with van der Waals surface area (Å²) in [6.45, 7) is 5.65. The van der Waals surface area contributed by atoms with Crippen LogP contribution in [0.3, 0.4) is 0 Å². The molecule has 5 nitrogen and oxygen atoms in total. The molecule has 5 heteroatoms. The highest BCUT2D eigenvalue weighted by Gasteiger charge is 2.30. The number of ether oxygens (including phenoxy) is 1. The molecule has 0 bridgehead atoms. The second-order valence-electron chi connectivity index (χ2n) is 6.44. The smallest absolute Gasteiger partial charge is 0.326 e. The lowest BCUT2D eigenvalue weighted by atomic mass is 9.84. The number of carbonyl (C=O) groups excluding carboxylic acids is 1. The molecule has 1 aliphatic rings. The van der Waals surface area contributed by atoms with Gasteiger partial charge in [0.05, 0.1) is 6.61 Å². The topological polar surface area (TPSA) is 60.3 Å². The Morgan fingerprint density at radius 1 is 1.16 bits per heavy atom. The molecule has 1 saturated heterocycles. The molecule has 0 aliphatic carbocycles. The van der Waals surface area contributed by atoms with Gasteiger partial charge in [-0.3, -0.25) is 9.59 Å². The van der Waals surface area contributed by atoms with E-state index in [0.717, 1.165) is 24.3 Å². The number of esters is 1. The van der Waals surface area contributed by atoms with Gasteiger partial charge in [-0.1, -0.05) is 30.3 Å². The number of nitrogens with one attached hydrogen (secondary N) is 1. The van der Waals surface area contributed by atoms with Crippen molar-refractivity contribution in [2.45, 2.75) is 32.2 Å². The van der Waals surface area contributed by atoms with Crippen LogP contribution in [-0.2, 0) is 16.1 Å². The number of hydrogen-bond donors (Lipinski definition) is 1. The minimum atomic E-state index is -0.384. The van der Waals surface area contributed by atoms with E-state index in [-0.39, 0.29) is 24.0 Å². The number of benzene rings is 1. The van der Waals surface area contributed by atoms with Crippen molar-refractivity contribution >= 4 is 5.97 Å². The van der Waals surface area contributed by atoms with Crippen molar-refractivity contribution in [2.75, 3.05) is 19.7 Å². The summed E-state index contributed by atoms with van der Waals surface area (Å²) in [6, 6.07) is 14.1. The Morgan fingerprint density at radius 3 is 2.48 bits per heavy atom. The molecule has 25 heavy (non-hydrogen) atoms. The van der Waals surface area contributed by atoms with Crippen LogP contribution in [0.4, 0.5) is 0 Å². The van der Waals surface area contributed by atoms with Crippen molar-refractivity contribution in [2.24, 2.45) is 0 Å². The van der Waals surface area contributed by atoms with Gasteiger partial charge in [-0.15, -0.1) is 0 Å². The fourth-order valence-electron chi connectivity index (χ4n) is 3.59. The predicted octanol–water partition coefficient (Wildman–Crippen LogP) is 2.19. The average Bonchev–Trinajstić information content (AvgIpc) is 3.09. The standard InChI is InChI=1S/C20H24N2O3/c1-3-25-20(24)13-22-14(2)9-16(10-19(22)23)18-12-21-11-17(18)15-7-5-4-6-8-15/h4-10,17-18,21H,3,11-13H2,1-2H3/t17-,18+/m1/s1. The van der Waals surface area contributed by atoms with Crippen LogP contribution in [0.5, 0.6) is 0 Å². The van der Waals surface area contributed by atoms with Gasteiger partial charge in [0.2, 0.25) is 0 Å². The van der Waals surface area contributed by atoms with E-state index in [1.54, 1.807) is 13.0 Å². The van der Waals surface area contributed by atoms with Gasteiger partial charge in [0.25, 0.3) is 5.56 Å². The van der Waals surface area contributed by atoms with Crippen molar-refractivity contribution in [3.63, 3.8) is 0 Å².